The molecule has 1 aromatic carbocycles. The number of hydrogen-bond acceptors (Lipinski definition) is 2. The number of carbonyl (C=O) groups is 1. The number of piperidine rings is 1. The van der Waals surface area contributed by atoms with Crippen LogP contribution in [-0.4, -0.2) is 60.5 Å². The van der Waals surface area contributed by atoms with Gasteiger partial charge in [0.2, 0.25) is 0 Å². The van der Waals surface area contributed by atoms with Gasteiger partial charge < -0.3 is 9.80 Å². The smallest absolute Gasteiger partial charge is 0.320 e. The summed E-state index contributed by atoms with van der Waals surface area (Å²) in [5, 5.41) is 0. The molecule has 0 N–H and O–H groups in total. The van der Waals surface area contributed by atoms with Crippen LogP contribution in [0.15, 0.2) is 18.2 Å². The highest BCUT2D eigenvalue weighted by Crippen LogP contribution is 2.40. The summed E-state index contributed by atoms with van der Waals surface area (Å²) < 4.78 is 13.5. The monoisotopic (exact) mass is 319 g/mol. The third-order valence-electron chi connectivity index (χ3n) is 5.12. The molecule has 126 valence electrons. The van der Waals surface area contributed by atoms with Gasteiger partial charge in [-0.1, -0.05) is 12.5 Å². The number of halogens is 1. The van der Waals surface area contributed by atoms with Crippen molar-refractivity contribution < 1.29 is 9.18 Å². The van der Waals surface area contributed by atoms with Crippen LogP contribution in [0.4, 0.5) is 9.18 Å². The molecule has 3 rings (SSSR count). The van der Waals surface area contributed by atoms with Gasteiger partial charge in [0.25, 0.3) is 0 Å². The lowest BCUT2D eigenvalue weighted by Crippen LogP contribution is -2.65. The van der Waals surface area contributed by atoms with E-state index in [0.29, 0.717) is 6.04 Å². The number of benzene rings is 1. The highest BCUT2D eigenvalue weighted by atomic mass is 19.1. The molecule has 2 aliphatic heterocycles. The average molecular weight is 319 g/mol. The molecule has 0 aliphatic carbocycles. The summed E-state index contributed by atoms with van der Waals surface area (Å²) in [4.78, 5) is 18.5. The van der Waals surface area contributed by atoms with Crippen molar-refractivity contribution in [2.24, 2.45) is 0 Å². The highest BCUT2D eigenvalue weighted by Gasteiger charge is 2.46. The first-order chi connectivity index (χ1) is 11.0. The molecule has 5 heteroatoms. The van der Waals surface area contributed by atoms with Crippen molar-refractivity contribution in [2.75, 3.05) is 33.7 Å². The molecule has 2 fully saturated rings. The van der Waals surface area contributed by atoms with Crippen LogP contribution >= 0.6 is 0 Å². The Morgan fingerprint density at radius 1 is 1.22 bits per heavy atom. The minimum atomic E-state index is -0.217. The van der Waals surface area contributed by atoms with Crippen LogP contribution in [0.25, 0.3) is 0 Å². The van der Waals surface area contributed by atoms with Crippen molar-refractivity contribution in [3.63, 3.8) is 0 Å². The first-order valence-corrected chi connectivity index (χ1v) is 8.47. The van der Waals surface area contributed by atoms with E-state index in [4.69, 9.17) is 0 Å². The van der Waals surface area contributed by atoms with Crippen molar-refractivity contribution in [1.82, 2.24) is 14.7 Å². The summed E-state index contributed by atoms with van der Waals surface area (Å²) in [5.74, 6) is -0.217. The second kappa shape index (κ2) is 6.48. The fraction of sp³-hybridized carbons (Fsp3) is 0.611. The van der Waals surface area contributed by atoms with Gasteiger partial charge in [-0.05, 0) is 56.1 Å². The van der Waals surface area contributed by atoms with Gasteiger partial charge in [-0.25, -0.2) is 9.18 Å². The average Bonchev–Trinajstić information content (AvgIpc) is 2.50. The Labute approximate surface area is 137 Å². The van der Waals surface area contributed by atoms with E-state index >= 15 is 0 Å². The molecule has 2 unspecified atom stereocenters. The van der Waals surface area contributed by atoms with E-state index in [-0.39, 0.29) is 17.9 Å². The van der Waals surface area contributed by atoms with E-state index in [1.165, 1.54) is 25.3 Å². The van der Waals surface area contributed by atoms with Crippen LogP contribution in [0, 0.1) is 12.7 Å². The summed E-state index contributed by atoms with van der Waals surface area (Å²) in [6.07, 6.45) is 3.75. The number of nitrogens with zero attached hydrogens (tertiary/aromatic N) is 3. The second-order valence-corrected chi connectivity index (χ2v) is 6.94. The molecule has 2 heterocycles. The largest absolute Gasteiger partial charge is 0.331 e. The maximum Gasteiger partial charge on any atom is 0.320 e. The molecule has 0 spiro atoms. The van der Waals surface area contributed by atoms with Gasteiger partial charge in [-0.3, -0.25) is 4.90 Å². The van der Waals surface area contributed by atoms with Gasteiger partial charge in [0, 0.05) is 20.6 Å². The van der Waals surface area contributed by atoms with Gasteiger partial charge in [0.15, 0.2) is 0 Å². The Morgan fingerprint density at radius 3 is 2.52 bits per heavy atom. The summed E-state index contributed by atoms with van der Waals surface area (Å²) in [7, 11) is 3.57. The van der Waals surface area contributed by atoms with Crippen LogP contribution in [0.2, 0.25) is 0 Å². The molecular weight excluding hydrogens is 293 g/mol. The molecule has 4 nitrogen and oxygen atoms in total. The van der Waals surface area contributed by atoms with Crippen LogP contribution in [0.3, 0.4) is 0 Å². The van der Waals surface area contributed by atoms with E-state index in [9.17, 15) is 9.18 Å². The summed E-state index contributed by atoms with van der Waals surface area (Å²) >= 11 is 0. The minimum Gasteiger partial charge on any atom is -0.331 e. The van der Waals surface area contributed by atoms with E-state index in [1.807, 2.05) is 17.9 Å². The molecule has 2 aliphatic rings. The summed E-state index contributed by atoms with van der Waals surface area (Å²) in [6.45, 7) is 4.90. The lowest BCUT2D eigenvalue weighted by molar-refractivity contribution is -0.0178. The molecule has 1 aromatic rings. The maximum atomic E-state index is 13.5. The van der Waals surface area contributed by atoms with Gasteiger partial charge in [-0.2, -0.15) is 0 Å². The Balaban J connectivity index is 1.88. The van der Waals surface area contributed by atoms with Crippen molar-refractivity contribution in [1.29, 1.82) is 0 Å². The maximum absolute atomic E-state index is 13.5. The topological polar surface area (TPSA) is 26.8 Å². The third-order valence-corrected chi connectivity index (χ3v) is 5.12. The lowest BCUT2D eigenvalue weighted by Gasteiger charge is -2.54. The molecule has 2 amide bonds. The van der Waals surface area contributed by atoms with Crippen LogP contribution < -0.4 is 0 Å². The quantitative estimate of drug-likeness (QED) is 0.838. The number of likely N-dealkylation sites (tertiary alicyclic amines) is 2. The fourth-order valence-electron chi connectivity index (χ4n) is 3.85. The number of hydrogen-bond donors (Lipinski definition) is 0. The Bertz CT molecular complexity index is 584. The number of urea groups is 1. The Kier molecular flexibility index (Phi) is 4.57. The molecule has 0 radical (unpaired) electrons. The molecule has 23 heavy (non-hydrogen) atoms. The Hall–Kier alpha value is -1.62. The predicted molar refractivity (Wildman–Crippen MR) is 88.9 cm³/mol. The molecule has 2 atom stereocenters. The van der Waals surface area contributed by atoms with Crippen molar-refractivity contribution in [3.05, 3.63) is 35.1 Å². The lowest BCUT2D eigenvalue weighted by atomic mass is 9.85. The highest BCUT2D eigenvalue weighted by molar-refractivity contribution is 5.76. The zero-order chi connectivity index (χ0) is 16.6. The first-order valence-electron chi connectivity index (χ1n) is 8.47. The van der Waals surface area contributed by atoms with Crippen molar-refractivity contribution in [3.8, 4) is 0 Å². The molecule has 2 saturated heterocycles. The zero-order valence-corrected chi connectivity index (χ0v) is 14.3. The number of amides is 2. The van der Waals surface area contributed by atoms with Crippen LogP contribution in [0.5, 0.6) is 0 Å². The van der Waals surface area contributed by atoms with Crippen molar-refractivity contribution in [2.45, 2.75) is 38.3 Å². The van der Waals surface area contributed by atoms with Crippen LogP contribution in [0.1, 0.15) is 36.4 Å². The van der Waals surface area contributed by atoms with Gasteiger partial charge in [-0.15, -0.1) is 0 Å². The predicted octanol–water partition coefficient (Wildman–Crippen LogP) is 3.03. The van der Waals surface area contributed by atoms with E-state index < -0.39 is 0 Å². The van der Waals surface area contributed by atoms with E-state index in [1.54, 1.807) is 25.1 Å². The van der Waals surface area contributed by atoms with E-state index in [2.05, 4.69) is 4.90 Å². The molecule has 0 bridgehead atoms. The minimum absolute atomic E-state index is 0.0311. The van der Waals surface area contributed by atoms with Gasteiger partial charge in [0.1, 0.15) is 5.82 Å². The summed E-state index contributed by atoms with van der Waals surface area (Å²) in [5.41, 5.74) is 2.00. The standard InChI is InChI=1S/C18H26FN3O/c1-13-11-14(19)7-8-15(13)17-16(21-9-5-4-6-10-21)12-22(17)18(23)20(2)3/h7-8,11,16-17H,4-6,9-10,12H2,1-3H3. The number of rotatable bonds is 2. The zero-order valence-electron chi connectivity index (χ0n) is 14.3. The summed E-state index contributed by atoms with van der Waals surface area (Å²) in [6, 6.07) is 5.34. The SMILES string of the molecule is Cc1cc(F)ccc1C1C(N2CCCCC2)CN1C(=O)N(C)C. The molecular formula is C18H26FN3O. The number of carbonyl (C=O) groups excluding carboxylic acids is 1. The normalized spacial score (nSPS) is 25.1. The second-order valence-electron chi connectivity index (χ2n) is 6.94. The first kappa shape index (κ1) is 16.2. The molecule has 0 saturated carbocycles. The third kappa shape index (κ3) is 3.07. The molecule has 0 aromatic heterocycles. The number of aryl methyl sites for hydroxylation is 1. The van der Waals surface area contributed by atoms with Gasteiger partial charge in [0.05, 0.1) is 12.1 Å². The van der Waals surface area contributed by atoms with Crippen LogP contribution in [-0.2, 0) is 0 Å². The fourth-order valence-corrected chi connectivity index (χ4v) is 3.85. The van der Waals surface area contributed by atoms with Gasteiger partial charge >= 0.3 is 6.03 Å². The Morgan fingerprint density at radius 2 is 1.91 bits per heavy atom. The van der Waals surface area contributed by atoms with E-state index in [0.717, 1.165) is 30.8 Å². The van der Waals surface area contributed by atoms with Crippen molar-refractivity contribution >= 4 is 6.03 Å².